The Kier molecular flexibility index (Phi) is 9.73. The number of anilines is 2. The highest BCUT2D eigenvalue weighted by molar-refractivity contribution is 7.78. The van der Waals surface area contributed by atoms with Crippen LogP contribution in [0.3, 0.4) is 0 Å². The molecule has 0 spiro atoms. The lowest BCUT2D eigenvalue weighted by atomic mass is 10.1. The summed E-state index contributed by atoms with van der Waals surface area (Å²) in [6.07, 6.45) is -3.52. The van der Waals surface area contributed by atoms with Crippen LogP contribution in [0.1, 0.15) is 12.5 Å². The van der Waals surface area contributed by atoms with E-state index < -0.39 is 33.9 Å². The summed E-state index contributed by atoms with van der Waals surface area (Å²) in [6.45, 7) is 0.893. The Balaban J connectivity index is 0.00000249. The molecule has 0 saturated heterocycles. The number of nitrogens with one attached hydrogen (secondary N) is 2. The largest absolute Gasteiger partial charge is 0.423 e. The molecular formula is C19H18ClF3N4O4S. The van der Waals surface area contributed by atoms with Crippen molar-refractivity contribution in [1.29, 1.82) is 0 Å². The summed E-state index contributed by atoms with van der Waals surface area (Å²) in [5, 5.41) is 28.3. The Morgan fingerprint density at radius 1 is 1.22 bits per heavy atom. The van der Waals surface area contributed by atoms with Crippen LogP contribution in [-0.2, 0) is 11.0 Å². The van der Waals surface area contributed by atoms with Crippen molar-refractivity contribution in [2.75, 3.05) is 23.6 Å². The van der Waals surface area contributed by atoms with E-state index in [1.54, 1.807) is 24.3 Å². The molecule has 0 radical (unpaired) electrons. The molecule has 2 rings (SSSR count). The Bertz CT molecular complexity index is 1010. The number of benzene rings is 2. The highest BCUT2D eigenvalue weighted by atomic mass is 35.5. The first-order valence-electron chi connectivity index (χ1n) is 8.63. The maximum atomic E-state index is 13.1. The Morgan fingerprint density at radius 2 is 1.78 bits per heavy atom. The number of halogens is 4. The number of alkyl halides is 4. The molecule has 3 N–H and O–H groups in total. The quantitative estimate of drug-likeness (QED) is 0.165. The summed E-state index contributed by atoms with van der Waals surface area (Å²) in [5.74, 6) is -1.00. The van der Waals surface area contributed by atoms with Crippen LogP contribution in [0.25, 0.3) is 0 Å². The first kappa shape index (κ1) is 27.0. The third kappa shape index (κ3) is 7.57. The molecule has 1 amide bonds. The van der Waals surface area contributed by atoms with E-state index in [0.29, 0.717) is 23.5 Å². The minimum Gasteiger partial charge on any atom is -0.382 e. The zero-order valence-electron chi connectivity index (χ0n) is 16.7. The number of hydrogen-bond acceptors (Lipinski definition) is 7. The molecule has 1 atom stereocenters. The highest BCUT2D eigenvalue weighted by Gasteiger charge is 2.39. The maximum absolute atomic E-state index is 13.1. The van der Waals surface area contributed by atoms with E-state index in [1.807, 2.05) is 0 Å². The van der Waals surface area contributed by atoms with Crippen molar-refractivity contribution in [2.24, 2.45) is 4.99 Å². The van der Waals surface area contributed by atoms with Crippen molar-refractivity contribution in [3.63, 3.8) is 0 Å². The van der Waals surface area contributed by atoms with Crippen molar-refractivity contribution in [3.05, 3.63) is 58.1 Å². The number of nitro groups is 1. The third-order valence-electron chi connectivity index (χ3n) is 3.92. The van der Waals surface area contributed by atoms with Gasteiger partial charge in [-0.1, -0.05) is 0 Å². The van der Waals surface area contributed by atoms with Gasteiger partial charge in [-0.15, -0.1) is 11.6 Å². The molecule has 13 heteroatoms. The van der Waals surface area contributed by atoms with Crippen LogP contribution in [0.4, 0.5) is 35.9 Å². The van der Waals surface area contributed by atoms with Crippen molar-refractivity contribution in [3.8, 4) is 0 Å². The van der Waals surface area contributed by atoms with Gasteiger partial charge in [-0.3, -0.25) is 14.9 Å². The van der Waals surface area contributed by atoms with E-state index in [9.17, 15) is 33.2 Å². The molecule has 0 fully saturated rings. The number of hydrogen-bond donors (Lipinski definition) is 3. The van der Waals surface area contributed by atoms with Crippen LogP contribution in [0.5, 0.6) is 0 Å². The van der Waals surface area contributed by atoms with E-state index in [-0.39, 0.29) is 12.2 Å². The molecular weight excluding hydrogens is 473 g/mol. The number of amides is 1. The monoisotopic (exact) mass is 490 g/mol. The maximum Gasteiger partial charge on any atom is 0.423 e. The van der Waals surface area contributed by atoms with Crippen LogP contribution in [0.2, 0.25) is 0 Å². The summed E-state index contributed by atoms with van der Waals surface area (Å²) in [5.41, 5.74) is -3.91. The van der Waals surface area contributed by atoms with Crippen LogP contribution >= 0.6 is 23.8 Å². The van der Waals surface area contributed by atoms with E-state index >= 15 is 0 Å². The number of aliphatic imine (C=N–C) groups is 1. The van der Waals surface area contributed by atoms with Gasteiger partial charge in [0, 0.05) is 23.8 Å². The molecule has 8 nitrogen and oxygen atoms in total. The number of isothiocyanates is 1. The molecule has 0 aliphatic heterocycles. The smallest absolute Gasteiger partial charge is 0.382 e. The van der Waals surface area contributed by atoms with E-state index in [1.165, 1.54) is 6.38 Å². The van der Waals surface area contributed by atoms with Gasteiger partial charge >= 0.3 is 6.18 Å². The Hall–Kier alpha value is -3.05. The highest BCUT2D eigenvalue weighted by Crippen LogP contribution is 2.37. The van der Waals surface area contributed by atoms with Crippen molar-refractivity contribution in [1.82, 2.24) is 0 Å². The minimum absolute atomic E-state index is 0.270. The fourth-order valence-electron chi connectivity index (χ4n) is 2.33. The average Bonchev–Trinajstić information content (AvgIpc) is 2.74. The molecule has 0 saturated carbocycles. The fourth-order valence-corrected chi connectivity index (χ4v) is 2.43. The second kappa shape index (κ2) is 11.5. The van der Waals surface area contributed by atoms with Crippen LogP contribution in [0, 0.1) is 10.1 Å². The lowest BCUT2D eigenvalue weighted by Crippen LogP contribution is -2.45. The van der Waals surface area contributed by atoms with Crippen LogP contribution in [-0.4, -0.2) is 39.6 Å². The van der Waals surface area contributed by atoms with Gasteiger partial charge in [0.25, 0.3) is 11.6 Å². The second-order valence-corrected chi connectivity index (χ2v) is 6.50. The SMILES string of the molecule is CCl.C[C@@](O)(CNc1ccc(N=C=S)cc1)C(=O)Nc1ccc([N+](=O)[O-])c(C(F)(F)F)c1. The molecule has 0 bridgehead atoms. The number of aliphatic hydroxyl groups is 1. The summed E-state index contributed by atoms with van der Waals surface area (Å²) in [4.78, 5) is 25.7. The van der Waals surface area contributed by atoms with Gasteiger partial charge in [-0.2, -0.15) is 18.2 Å². The molecule has 2 aromatic carbocycles. The predicted molar refractivity (Wildman–Crippen MR) is 119 cm³/mol. The molecule has 0 unspecified atom stereocenters. The lowest BCUT2D eigenvalue weighted by molar-refractivity contribution is -0.388. The van der Waals surface area contributed by atoms with E-state index in [4.69, 9.17) is 0 Å². The van der Waals surface area contributed by atoms with Crippen molar-refractivity contribution in [2.45, 2.75) is 18.7 Å². The minimum atomic E-state index is -4.99. The molecule has 0 heterocycles. The van der Waals surface area contributed by atoms with E-state index in [2.05, 4.69) is 44.6 Å². The standard InChI is InChI=1S/C18H15F3N4O4S.CH3Cl/c1-17(27,9-22-11-2-4-12(5-3-11)23-10-30)16(26)24-13-6-7-15(25(28)29)14(8-13)18(19,20)21;1-2/h2-8,22,27H,9H2,1H3,(H,24,26);1H3/t17-;/m1./s1. The number of carbonyl (C=O) groups excluding carboxylic acids is 1. The average molecular weight is 491 g/mol. The fraction of sp³-hybridized carbons (Fsp3) is 0.263. The van der Waals surface area contributed by atoms with Gasteiger partial charge in [-0.25, -0.2) is 0 Å². The summed E-state index contributed by atoms with van der Waals surface area (Å²) in [6, 6.07) is 8.49. The number of nitro benzene ring substituents is 1. The lowest BCUT2D eigenvalue weighted by Gasteiger charge is -2.23. The van der Waals surface area contributed by atoms with Crippen molar-refractivity contribution >= 4 is 57.6 Å². The number of rotatable bonds is 7. The summed E-state index contributed by atoms with van der Waals surface area (Å²) < 4.78 is 39.2. The summed E-state index contributed by atoms with van der Waals surface area (Å²) >= 11 is 9.13. The number of carbonyl (C=O) groups is 1. The van der Waals surface area contributed by atoms with Crippen LogP contribution in [0.15, 0.2) is 47.5 Å². The number of nitrogens with zero attached hydrogens (tertiary/aromatic N) is 2. The van der Waals surface area contributed by atoms with Gasteiger partial charge < -0.3 is 15.7 Å². The molecule has 0 aliphatic carbocycles. The zero-order chi connectivity index (χ0) is 24.5. The first-order chi connectivity index (χ1) is 14.9. The third-order valence-corrected chi connectivity index (χ3v) is 4.02. The van der Waals surface area contributed by atoms with E-state index in [0.717, 1.165) is 13.0 Å². The molecule has 0 aliphatic rings. The Labute approximate surface area is 191 Å². The second-order valence-electron chi connectivity index (χ2n) is 6.32. The van der Waals surface area contributed by atoms with Gasteiger partial charge in [0.1, 0.15) is 5.56 Å². The molecule has 32 heavy (non-hydrogen) atoms. The Morgan fingerprint density at radius 3 is 2.28 bits per heavy atom. The molecule has 2 aromatic rings. The zero-order valence-corrected chi connectivity index (χ0v) is 18.3. The molecule has 0 aromatic heterocycles. The summed E-state index contributed by atoms with van der Waals surface area (Å²) in [7, 11) is 0. The van der Waals surface area contributed by atoms with Gasteiger partial charge in [0.2, 0.25) is 0 Å². The molecule has 172 valence electrons. The first-order valence-corrected chi connectivity index (χ1v) is 9.79. The van der Waals surface area contributed by atoms with Gasteiger partial charge in [-0.05, 0) is 55.5 Å². The topological polar surface area (TPSA) is 117 Å². The van der Waals surface area contributed by atoms with Crippen LogP contribution < -0.4 is 10.6 Å². The predicted octanol–water partition coefficient (Wildman–Crippen LogP) is 5.00. The van der Waals surface area contributed by atoms with Crippen molar-refractivity contribution < 1.29 is 28.0 Å². The number of thiocarbonyl (C=S) groups is 1. The normalized spacial score (nSPS) is 12.3. The van der Waals surface area contributed by atoms with Gasteiger partial charge in [0.15, 0.2) is 5.60 Å². The van der Waals surface area contributed by atoms with Gasteiger partial charge in [0.05, 0.1) is 22.3 Å².